The van der Waals surface area contributed by atoms with Crippen LogP contribution in [0, 0.1) is 0 Å². The molecule has 0 aliphatic rings. The van der Waals surface area contributed by atoms with E-state index in [9.17, 15) is 4.79 Å². The second kappa shape index (κ2) is 4.14. The minimum atomic E-state index is -0.512. The summed E-state index contributed by atoms with van der Waals surface area (Å²) < 4.78 is 7.41. The second-order valence-corrected chi connectivity index (χ2v) is 5.46. The molecule has 5 heteroatoms. The zero-order valence-electron chi connectivity index (χ0n) is 9.90. The van der Waals surface area contributed by atoms with Crippen LogP contribution in [0.2, 0.25) is 0 Å². The summed E-state index contributed by atoms with van der Waals surface area (Å²) in [7, 11) is 0. The van der Waals surface area contributed by atoms with Crippen LogP contribution in [0.3, 0.4) is 0 Å². The first-order chi connectivity index (χ1) is 7.88. The van der Waals surface area contributed by atoms with Crippen molar-refractivity contribution in [2.24, 2.45) is 0 Å². The molecule has 2 aromatic heterocycles. The zero-order chi connectivity index (χ0) is 12.6. The summed E-state index contributed by atoms with van der Waals surface area (Å²) in [5.41, 5.74) is 0.212. The number of carbonyl (C=O) groups excluding carboxylic acids is 1. The van der Waals surface area contributed by atoms with E-state index in [2.05, 4.69) is 20.9 Å². The molecule has 0 saturated heterocycles. The Morgan fingerprint density at radius 1 is 1.41 bits per heavy atom. The lowest BCUT2D eigenvalue weighted by Gasteiger charge is -2.19. The van der Waals surface area contributed by atoms with Crippen molar-refractivity contribution in [3.63, 3.8) is 0 Å². The molecule has 0 aliphatic heterocycles. The first-order valence-electron chi connectivity index (χ1n) is 5.23. The van der Waals surface area contributed by atoms with Crippen molar-refractivity contribution >= 4 is 32.9 Å². The number of rotatable bonds is 0. The van der Waals surface area contributed by atoms with Crippen LogP contribution >= 0.6 is 15.9 Å². The summed E-state index contributed by atoms with van der Waals surface area (Å²) in [4.78, 5) is 16.1. The Hall–Kier alpha value is -1.36. The molecule has 2 rings (SSSR count). The van der Waals surface area contributed by atoms with Crippen LogP contribution in [0.5, 0.6) is 0 Å². The summed E-state index contributed by atoms with van der Waals surface area (Å²) in [5, 5.41) is 0.942. The van der Waals surface area contributed by atoms with E-state index < -0.39 is 11.7 Å². The third-order valence-corrected chi connectivity index (χ3v) is 2.73. The van der Waals surface area contributed by atoms with Gasteiger partial charge in [-0.05, 0) is 48.8 Å². The van der Waals surface area contributed by atoms with Gasteiger partial charge in [0.15, 0.2) is 0 Å². The van der Waals surface area contributed by atoms with E-state index in [-0.39, 0.29) is 0 Å². The number of aromatic nitrogens is 2. The van der Waals surface area contributed by atoms with Crippen LogP contribution in [0.1, 0.15) is 20.8 Å². The number of fused-ring (bicyclic) bond motifs is 1. The maximum absolute atomic E-state index is 12.0. The highest BCUT2D eigenvalue weighted by atomic mass is 79.9. The Bertz CT molecular complexity index is 569. The number of hydrogen-bond acceptors (Lipinski definition) is 3. The van der Waals surface area contributed by atoms with Crippen LogP contribution in [-0.4, -0.2) is 21.2 Å². The molecule has 0 bridgehead atoms. The van der Waals surface area contributed by atoms with Crippen LogP contribution in [0.4, 0.5) is 4.79 Å². The van der Waals surface area contributed by atoms with Gasteiger partial charge in [0.25, 0.3) is 0 Å². The minimum absolute atomic E-state index is 0.402. The Balaban J connectivity index is 2.46. The van der Waals surface area contributed by atoms with Crippen LogP contribution < -0.4 is 0 Å². The Labute approximate surface area is 108 Å². The number of nitrogens with zero attached hydrogens (tertiary/aromatic N) is 2. The average Bonchev–Trinajstić information content (AvgIpc) is 2.60. The molecule has 17 heavy (non-hydrogen) atoms. The molecule has 0 radical (unpaired) electrons. The van der Waals surface area contributed by atoms with Crippen LogP contribution in [0.25, 0.3) is 10.9 Å². The largest absolute Gasteiger partial charge is 0.443 e. The van der Waals surface area contributed by atoms with Gasteiger partial charge in [-0.15, -0.1) is 0 Å². The fourth-order valence-corrected chi connectivity index (χ4v) is 2.05. The van der Waals surface area contributed by atoms with Gasteiger partial charge in [-0.1, -0.05) is 0 Å². The molecular weight excluding hydrogens is 284 g/mol. The lowest BCUT2D eigenvalue weighted by Crippen LogP contribution is -2.26. The van der Waals surface area contributed by atoms with E-state index in [1.165, 1.54) is 4.57 Å². The van der Waals surface area contributed by atoms with E-state index >= 15 is 0 Å². The number of halogens is 1. The highest BCUT2D eigenvalue weighted by Crippen LogP contribution is 2.23. The first-order valence-corrected chi connectivity index (χ1v) is 6.03. The van der Waals surface area contributed by atoms with Gasteiger partial charge in [-0.25, -0.2) is 14.3 Å². The van der Waals surface area contributed by atoms with Gasteiger partial charge in [0.05, 0.1) is 5.52 Å². The molecular formula is C12H13BrN2O2. The fraction of sp³-hybridized carbons (Fsp3) is 0.333. The lowest BCUT2D eigenvalue weighted by atomic mass is 10.2. The zero-order valence-corrected chi connectivity index (χ0v) is 11.5. The Kier molecular flexibility index (Phi) is 2.95. The maximum atomic E-state index is 12.0. The van der Waals surface area contributed by atoms with E-state index in [0.29, 0.717) is 4.60 Å². The quantitative estimate of drug-likeness (QED) is 0.698. The fourth-order valence-electron chi connectivity index (χ4n) is 1.51. The highest BCUT2D eigenvalue weighted by Gasteiger charge is 2.19. The summed E-state index contributed by atoms with van der Waals surface area (Å²) in [6, 6.07) is 3.70. The molecule has 0 aliphatic carbocycles. The number of pyridine rings is 1. The summed E-state index contributed by atoms with van der Waals surface area (Å²) >= 11 is 3.34. The minimum Gasteiger partial charge on any atom is -0.443 e. The summed E-state index contributed by atoms with van der Waals surface area (Å²) in [5.74, 6) is 0. The molecule has 0 atom stereocenters. The van der Waals surface area contributed by atoms with E-state index in [4.69, 9.17) is 4.74 Å². The Morgan fingerprint density at radius 3 is 2.76 bits per heavy atom. The van der Waals surface area contributed by atoms with Crippen molar-refractivity contribution in [3.05, 3.63) is 29.1 Å². The van der Waals surface area contributed by atoms with Crippen molar-refractivity contribution in [2.75, 3.05) is 0 Å². The van der Waals surface area contributed by atoms with E-state index in [1.54, 1.807) is 12.4 Å². The SMILES string of the molecule is CC(C)(C)OC(=O)n1ccc2ccnc(Br)c21. The second-order valence-electron chi connectivity index (χ2n) is 4.71. The van der Waals surface area contributed by atoms with Crippen LogP contribution in [-0.2, 0) is 4.74 Å². The monoisotopic (exact) mass is 296 g/mol. The molecule has 0 spiro atoms. The molecule has 0 saturated carbocycles. The molecule has 2 aromatic rings. The van der Waals surface area contributed by atoms with E-state index in [0.717, 1.165) is 10.9 Å². The molecule has 0 fully saturated rings. The van der Waals surface area contributed by atoms with E-state index in [1.807, 2.05) is 32.9 Å². The molecule has 0 N–H and O–H groups in total. The van der Waals surface area contributed by atoms with Gasteiger partial charge in [0.2, 0.25) is 0 Å². The number of carbonyl (C=O) groups is 1. The lowest BCUT2D eigenvalue weighted by molar-refractivity contribution is 0.0544. The molecule has 0 amide bonds. The molecule has 90 valence electrons. The average molecular weight is 297 g/mol. The van der Waals surface area contributed by atoms with Crippen molar-refractivity contribution in [1.29, 1.82) is 0 Å². The molecule has 0 unspecified atom stereocenters. The van der Waals surface area contributed by atoms with Crippen molar-refractivity contribution in [2.45, 2.75) is 26.4 Å². The molecule has 2 heterocycles. The van der Waals surface area contributed by atoms with Crippen molar-refractivity contribution in [1.82, 2.24) is 9.55 Å². The molecule has 4 nitrogen and oxygen atoms in total. The topological polar surface area (TPSA) is 44.1 Å². The van der Waals surface area contributed by atoms with Gasteiger partial charge in [-0.2, -0.15) is 0 Å². The first kappa shape index (κ1) is 12.1. The van der Waals surface area contributed by atoms with Gasteiger partial charge in [0.1, 0.15) is 10.2 Å². The van der Waals surface area contributed by atoms with Gasteiger partial charge >= 0.3 is 6.09 Å². The smallest absolute Gasteiger partial charge is 0.419 e. The standard InChI is InChI=1S/C12H13BrN2O2/c1-12(2,3)17-11(16)15-7-5-8-4-6-14-10(13)9(8)15/h4-7H,1-3H3. The normalized spacial score (nSPS) is 11.8. The van der Waals surface area contributed by atoms with Gasteiger partial charge in [0, 0.05) is 17.8 Å². The third-order valence-electron chi connectivity index (χ3n) is 2.15. The van der Waals surface area contributed by atoms with Crippen LogP contribution in [0.15, 0.2) is 29.1 Å². The third kappa shape index (κ3) is 2.49. The van der Waals surface area contributed by atoms with Crippen molar-refractivity contribution < 1.29 is 9.53 Å². The maximum Gasteiger partial charge on any atom is 0.419 e. The number of ether oxygens (including phenoxy) is 1. The van der Waals surface area contributed by atoms with Gasteiger partial charge in [-0.3, -0.25) is 0 Å². The predicted molar refractivity (Wildman–Crippen MR) is 69.1 cm³/mol. The Morgan fingerprint density at radius 2 is 2.12 bits per heavy atom. The number of hydrogen-bond donors (Lipinski definition) is 0. The van der Waals surface area contributed by atoms with Gasteiger partial charge < -0.3 is 4.74 Å². The summed E-state index contributed by atoms with van der Waals surface area (Å²) in [6.45, 7) is 5.51. The van der Waals surface area contributed by atoms with Crippen molar-refractivity contribution in [3.8, 4) is 0 Å². The highest BCUT2D eigenvalue weighted by molar-refractivity contribution is 9.10. The summed E-state index contributed by atoms with van der Waals surface area (Å²) in [6.07, 6.45) is 2.97. The predicted octanol–water partition coefficient (Wildman–Crippen LogP) is 3.58. The molecule has 0 aromatic carbocycles.